The maximum Gasteiger partial charge on any atom is 0.416 e. The standard InChI is InChI=1S/C23H13ClF3NS/c24-17-8-4-10-20-22(17)28(18-9-3-6-14-5-1-2-7-16(14)18)19-12-11-15(23(25,26)27)13-21(19)29-20/h1-13H. The van der Waals surface area contributed by atoms with Gasteiger partial charge in [-0.2, -0.15) is 13.2 Å². The highest BCUT2D eigenvalue weighted by Gasteiger charge is 2.34. The number of rotatable bonds is 1. The third-order valence-electron chi connectivity index (χ3n) is 4.93. The summed E-state index contributed by atoms with van der Waals surface area (Å²) in [6.07, 6.45) is -4.39. The highest BCUT2D eigenvalue weighted by atomic mass is 35.5. The molecule has 1 aliphatic rings. The quantitative estimate of drug-likeness (QED) is 0.264. The topological polar surface area (TPSA) is 3.24 Å². The lowest BCUT2D eigenvalue weighted by Crippen LogP contribution is -2.16. The molecule has 0 saturated carbocycles. The normalized spacial score (nSPS) is 13.3. The second-order valence-corrected chi connectivity index (χ2v) is 8.19. The molecule has 0 spiro atoms. The van der Waals surface area contributed by atoms with Gasteiger partial charge in [0, 0.05) is 15.2 Å². The molecule has 6 heteroatoms. The number of fused-ring (bicyclic) bond motifs is 3. The van der Waals surface area contributed by atoms with E-state index in [9.17, 15) is 13.2 Å². The van der Waals surface area contributed by atoms with Gasteiger partial charge in [-0.3, -0.25) is 0 Å². The zero-order valence-electron chi connectivity index (χ0n) is 14.9. The van der Waals surface area contributed by atoms with Crippen LogP contribution in [0.3, 0.4) is 0 Å². The molecule has 5 rings (SSSR count). The van der Waals surface area contributed by atoms with Gasteiger partial charge in [0.15, 0.2) is 0 Å². The largest absolute Gasteiger partial charge is 0.416 e. The minimum absolute atomic E-state index is 0.544. The Morgan fingerprint density at radius 3 is 2.34 bits per heavy atom. The molecule has 1 heterocycles. The van der Waals surface area contributed by atoms with E-state index >= 15 is 0 Å². The number of anilines is 3. The molecule has 0 aliphatic carbocycles. The highest BCUT2D eigenvalue weighted by Crippen LogP contribution is 2.55. The molecule has 0 aromatic heterocycles. The molecule has 0 unspecified atom stereocenters. The smallest absolute Gasteiger partial charge is 0.306 e. The number of para-hydroxylation sites is 1. The lowest BCUT2D eigenvalue weighted by Gasteiger charge is -2.34. The van der Waals surface area contributed by atoms with Gasteiger partial charge in [0.25, 0.3) is 0 Å². The third-order valence-corrected chi connectivity index (χ3v) is 6.33. The number of benzene rings is 4. The maximum absolute atomic E-state index is 13.3. The van der Waals surface area contributed by atoms with Gasteiger partial charge in [-0.25, -0.2) is 0 Å². The van der Waals surface area contributed by atoms with E-state index in [1.54, 1.807) is 6.07 Å². The van der Waals surface area contributed by atoms with E-state index in [4.69, 9.17) is 11.6 Å². The van der Waals surface area contributed by atoms with Gasteiger partial charge in [0.2, 0.25) is 0 Å². The molecule has 0 amide bonds. The van der Waals surface area contributed by atoms with E-state index in [0.29, 0.717) is 15.6 Å². The van der Waals surface area contributed by atoms with E-state index in [1.165, 1.54) is 23.9 Å². The van der Waals surface area contributed by atoms with Crippen LogP contribution in [0.5, 0.6) is 0 Å². The van der Waals surface area contributed by atoms with Crippen LogP contribution in [0.25, 0.3) is 10.8 Å². The molecule has 0 N–H and O–H groups in total. The molecule has 1 aliphatic heterocycles. The summed E-state index contributed by atoms with van der Waals surface area (Å²) in [7, 11) is 0. The van der Waals surface area contributed by atoms with Gasteiger partial charge in [-0.1, -0.05) is 65.8 Å². The van der Waals surface area contributed by atoms with Crippen molar-refractivity contribution in [1.82, 2.24) is 0 Å². The zero-order chi connectivity index (χ0) is 20.2. The molecule has 4 aromatic carbocycles. The van der Waals surface area contributed by atoms with Crippen molar-refractivity contribution in [2.75, 3.05) is 4.90 Å². The third kappa shape index (κ3) is 3.05. The van der Waals surface area contributed by atoms with Crippen LogP contribution in [-0.2, 0) is 6.18 Å². The molecular weight excluding hydrogens is 415 g/mol. The van der Waals surface area contributed by atoms with Crippen molar-refractivity contribution in [3.05, 3.63) is 89.4 Å². The summed E-state index contributed by atoms with van der Waals surface area (Å²) in [5.41, 5.74) is 1.67. The molecule has 1 nitrogen and oxygen atoms in total. The first-order valence-electron chi connectivity index (χ1n) is 8.89. The van der Waals surface area contributed by atoms with Crippen molar-refractivity contribution >= 4 is 51.2 Å². The van der Waals surface area contributed by atoms with Gasteiger partial charge < -0.3 is 4.90 Å². The van der Waals surface area contributed by atoms with Gasteiger partial charge in [-0.05, 0) is 41.8 Å². The minimum Gasteiger partial charge on any atom is -0.306 e. The van der Waals surface area contributed by atoms with Crippen molar-refractivity contribution < 1.29 is 13.2 Å². The average Bonchev–Trinajstić information content (AvgIpc) is 2.71. The number of halogens is 4. The number of alkyl halides is 3. The predicted octanol–water partition coefficient (Wildman–Crippen LogP) is 8.45. The van der Waals surface area contributed by atoms with E-state index < -0.39 is 11.7 Å². The van der Waals surface area contributed by atoms with Crippen LogP contribution in [0.1, 0.15) is 5.56 Å². The van der Waals surface area contributed by atoms with Crippen molar-refractivity contribution in [2.24, 2.45) is 0 Å². The van der Waals surface area contributed by atoms with Crippen molar-refractivity contribution in [3.63, 3.8) is 0 Å². The van der Waals surface area contributed by atoms with Gasteiger partial charge in [0.1, 0.15) is 0 Å². The van der Waals surface area contributed by atoms with Crippen LogP contribution in [0, 0.1) is 0 Å². The number of nitrogens with zero attached hydrogens (tertiary/aromatic N) is 1. The number of hydrogen-bond donors (Lipinski definition) is 0. The second-order valence-electron chi connectivity index (χ2n) is 6.70. The van der Waals surface area contributed by atoms with Gasteiger partial charge in [-0.15, -0.1) is 0 Å². The summed E-state index contributed by atoms with van der Waals surface area (Å²) < 4.78 is 39.9. The predicted molar refractivity (Wildman–Crippen MR) is 113 cm³/mol. The lowest BCUT2D eigenvalue weighted by molar-refractivity contribution is -0.137. The first kappa shape index (κ1) is 18.4. The molecule has 0 radical (unpaired) electrons. The Balaban J connectivity index is 1.81. The first-order valence-corrected chi connectivity index (χ1v) is 10.1. The molecule has 0 bridgehead atoms. The van der Waals surface area contributed by atoms with E-state index in [-0.39, 0.29) is 0 Å². The fourth-order valence-electron chi connectivity index (χ4n) is 3.64. The van der Waals surface area contributed by atoms with Crippen LogP contribution >= 0.6 is 23.4 Å². The van der Waals surface area contributed by atoms with Crippen molar-refractivity contribution in [1.29, 1.82) is 0 Å². The summed E-state index contributed by atoms with van der Waals surface area (Å²) in [5, 5.41) is 2.59. The van der Waals surface area contributed by atoms with Crippen molar-refractivity contribution in [2.45, 2.75) is 16.0 Å². The Hall–Kier alpha value is -2.63. The summed E-state index contributed by atoms with van der Waals surface area (Å²) in [5.74, 6) is 0. The summed E-state index contributed by atoms with van der Waals surface area (Å²) in [4.78, 5) is 3.33. The maximum atomic E-state index is 13.3. The zero-order valence-corrected chi connectivity index (χ0v) is 16.4. The Labute approximate surface area is 174 Å². The monoisotopic (exact) mass is 427 g/mol. The first-order chi connectivity index (χ1) is 13.9. The molecule has 0 fully saturated rings. The van der Waals surface area contributed by atoms with Crippen LogP contribution in [0.15, 0.2) is 88.7 Å². The second kappa shape index (κ2) is 6.71. The molecule has 0 atom stereocenters. The van der Waals surface area contributed by atoms with E-state index in [1.807, 2.05) is 59.5 Å². The van der Waals surface area contributed by atoms with Gasteiger partial charge >= 0.3 is 6.18 Å². The van der Waals surface area contributed by atoms with Crippen LogP contribution in [0.4, 0.5) is 30.2 Å². The van der Waals surface area contributed by atoms with Gasteiger partial charge in [0.05, 0.1) is 27.6 Å². The average molecular weight is 428 g/mol. The molecular formula is C23H13ClF3NS. The fourth-order valence-corrected chi connectivity index (χ4v) is 5.09. The molecule has 29 heavy (non-hydrogen) atoms. The van der Waals surface area contributed by atoms with E-state index in [0.717, 1.165) is 33.1 Å². The summed E-state index contributed by atoms with van der Waals surface area (Å²) >= 11 is 7.88. The summed E-state index contributed by atoms with van der Waals surface area (Å²) in [6.45, 7) is 0. The fraction of sp³-hybridized carbons (Fsp3) is 0.0435. The summed E-state index contributed by atoms with van der Waals surface area (Å²) in [6, 6.07) is 23.2. The molecule has 144 valence electrons. The van der Waals surface area contributed by atoms with Crippen molar-refractivity contribution in [3.8, 4) is 0 Å². The number of hydrogen-bond acceptors (Lipinski definition) is 2. The van der Waals surface area contributed by atoms with Crippen LogP contribution in [0.2, 0.25) is 5.02 Å². The SMILES string of the molecule is FC(F)(F)c1ccc2c(c1)Sc1cccc(Cl)c1N2c1cccc2ccccc12. The van der Waals surface area contributed by atoms with Crippen LogP contribution in [-0.4, -0.2) is 0 Å². The molecule has 4 aromatic rings. The van der Waals surface area contributed by atoms with E-state index in [2.05, 4.69) is 0 Å². The minimum atomic E-state index is -4.39. The Kier molecular flexibility index (Phi) is 4.26. The highest BCUT2D eigenvalue weighted by molar-refractivity contribution is 7.99. The Morgan fingerprint density at radius 1 is 0.759 bits per heavy atom. The molecule has 0 saturated heterocycles. The Bertz CT molecular complexity index is 1250. The van der Waals surface area contributed by atoms with Crippen LogP contribution < -0.4 is 4.90 Å². The lowest BCUT2D eigenvalue weighted by atomic mass is 10.1. The Morgan fingerprint density at radius 2 is 1.52 bits per heavy atom.